The lowest BCUT2D eigenvalue weighted by molar-refractivity contribution is -0.122. The molecular formula is C22H28N2O5S2. The van der Waals surface area contributed by atoms with Gasteiger partial charge in [-0.15, -0.1) is 11.3 Å². The van der Waals surface area contributed by atoms with Crippen LogP contribution < -0.4 is 19.5 Å². The molecule has 1 aromatic heterocycles. The summed E-state index contributed by atoms with van der Waals surface area (Å²) in [5, 5.41) is 5.16. The first kappa shape index (κ1) is 22.1. The molecule has 4 rings (SSSR count). The Bertz CT molecular complexity index is 985. The number of benzene rings is 1. The van der Waals surface area contributed by atoms with Crippen molar-refractivity contribution in [2.45, 2.75) is 49.5 Å². The zero-order chi connectivity index (χ0) is 21.7. The second-order valence-corrected chi connectivity index (χ2v) is 10.7. The summed E-state index contributed by atoms with van der Waals surface area (Å²) in [6, 6.07) is 8.63. The van der Waals surface area contributed by atoms with Crippen LogP contribution in [-0.2, 0) is 14.8 Å². The number of fused-ring (bicyclic) bond motifs is 1. The molecule has 1 aromatic carbocycles. The van der Waals surface area contributed by atoms with E-state index in [0.29, 0.717) is 30.6 Å². The van der Waals surface area contributed by atoms with Crippen LogP contribution in [0.4, 0.5) is 0 Å². The van der Waals surface area contributed by atoms with E-state index in [-0.39, 0.29) is 29.8 Å². The predicted molar refractivity (Wildman–Crippen MR) is 119 cm³/mol. The van der Waals surface area contributed by atoms with E-state index in [1.807, 2.05) is 11.4 Å². The van der Waals surface area contributed by atoms with Crippen molar-refractivity contribution in [2.75, 3.05) is 19.8 Å². The molecule has 1 amide bonds. The number of hydrogen-bond donors (Lipinski definition) is 2. The number of ether oxygens (including phenoxy) is 2. The van der Waals surface area contributed by atoms with E-state index in [0.717, 1.165) is 24.1 Å². The number of thiophene rings is 1. The van der Waals surface area contributed by atoms with Gasteiger partial charge in [0.2, 0.25) is 15.9 Å². The van der Waals surface area contributed by atoms with Crippen LogP contribution in [0.2, 0.25) is 0 Å². The normalized spacial score (nSPS) is 17.8. The van der Waals surface area contributed by atoms with Gasteiger partial charge in [0.05, 0.1) is 24.2 Å². The number of amides is 1. The first-order valence-corrected chi connectivity index (χ1v) is 13.1. The molecule has 2 heterocycles. The van der Waals surface area contributed by atoms with E-state index >= 15 is 0 Å². The Morgan fingerprint density at radius 1 is 1.10 bits per heavy atom. The fourth-order valence-electron chi connectivity index (χ4n) is 4.12. The number of rotatable bonds is 8. The molecule has 1 aliphatic heterocycles. The molecule has 0 saturated heterocycles. The lowest BCUT2D eigenvalue weighted by atomic mass is 9.96. The van der Waals surface area contributed by atoms with Crippen LogP contribution in [0.25, 0.3) is 0 Å². The monoisotopic (exact) mass is 464 g/mol. The van der Waals surface area contributed by atoms with E-state index in [2.05, 4.69) is 16.1 Å². The highest BCUT2D eigenvalue weighted by molar-refractivity contribution is 7.89. The van der Waals surface area contributed by atoms with Crippen molar-refractivity contribution in [3.63, 3.8) is 0 Å². The summed E-state index contributed by atoms with van der Waals surface area (Å²) in [4.78, 5) is 13.8. The molecule has 0 spiro atoms. The average Bonchev–Trinajstić information content (AvgIpc) is 3.43. The average molecular weight is 465 g/mol. The Labute approximate surface area is 187 Å². The van der Waals surface area contributed by atoms with Crippen molar-refractivity contribution >= 4 is 27.3 Å². The van der Waals surface area contributed by atoms with Crippen molar-refractivity contribution in [1.29, 1.82) is 0 Å². The van der Waals surface area contributed by atoms with Crippen LogP contribution in [0.15, 0.2) is 40.6 Å². The van der Waals surface area contributed by atoms with Crippen LogP contribution in [0, 0.1) is 5.92 Å². The summed E-state index contributed by atoms with van der Waals surface area (Å²) in [5.41, 5.74) is 0. The Kier molecular flexibility index (Phi) is 7.14. The van der Waals surface area contributed by atoms with Crippen LogP contribution in [-0.4, -0.2) is 34.1 Å². The molecule has 2 aromatic rings. The highest BCUT2D eigenvalue weighted by atomic mass is 32.2. The van der Waals surface area contributed by atoms with Crippen molar-refractivity contribution in [2.24, 2.45) is 5.92 Å². The summed E-state index contributed by atoms with van der Waals surface area (Å²) in [6.45, 7) is 1.06. The van der Waals surface area contributed by atoms with Crippen LogP contribution in [0.3, 0.4) is 0 Å². The summed E-state index contributed by atoms with van der Waals surface area (Å²) in [7, 11) is -3.75. The molecule has 0 bridgehead atoms. The highest BCUT2D eigenvalue weighted by Crippen LogP contribution is 2.37. The molecule has 1 unspecified atom stereocenters. The van der Waals surface area contributed by atoms with Gasteiger partial charge in [-0.1, -0.05) is 18.9 Å². The number of hydrogen-bond acceptors (Lipinski definition) is 6. The van der Waals surface area contributed by atoms with E-state index in [4.69, 9.17) is 9.47 Å². The third-order valence-electron chi connectivity index (χ3n) is 5.71. The number of carbonyl (C=O) groups excluding carboxylic acids is 1. The van der Waals surface area contributed by atoms with E-state index < -0.39 is 10.0 Å². The molecule has 1 atom stereocenters. The molecule has 1 saturated carbocycles. The first-order valence-electron chi connectivity index (χ1n) is 10.7. The minimum atomic E-state index is -3.75. The van der Waals surface area contributed by atoms with Crippen molar-refractivity contribution in [3.05, 3.63) is 40.6 Å². The molecule has 7 nitrogen and oxygen atoms in total. The second kappa shape index (κ2) is 10.0. The summed E-state index contributed by atoms with van der Waals surface area (Å²) < 4.78 is 39.0. The Balaban J connectivity index is 1.33. The van der Waals surface area contributed by atoms with Gasteiger partial charge in [0, 0.05) is 30.3 Å². The lowest BCUT2D eigenvalue weighted by Gasteiger charge is -2.24. The number of carbonyl (C=O) groups is 1. The minimum absolute atomic E-state index is 0.00772. The Morgan fingerprint density at radius 3 is 2.61 bits per heavy atom. The van der Waals surface area contributed by atoms with Gasteiger partial charge in [0.1, 0.15) is 0 Å². The third-order valence-corrected chi connectivity index (χ3v) is 8.12. The molecule has 1 fully saturated rings. The van der Waals surface area contributed by atoms with Crippen LogP contribution >= 0.6 is 11.3 Å². The van der Waals surface area contributed by atoms with E-state index in [1.165, 1.54) is 25.0 Å². The largest absolute Gasteiger partial charge is 0.490 e. The molecule has 2 aliphatic rings. The van der Waals surface area contributed by atoms with E-state index in [1.54, 1.807) is 17.4 Å². The predicted octanol–water partition coefficient (Wildman–Crippen LogP) is 3.63. The molecule has 168 valence electrons. The van der Waals surface area contributed by atoms with Crippen LogP contribution in [0.5, 0.6) is 11.5 Å². The van der Waals surface area contributed by atoms with Crippen LogP contribution in [0.1, 0.15) is 49.4 Å². The fourth-order valence-corrected chi connectivity index (χ4v) is 6.04. The summed E-state index contributed by atoms with van der Waals surface area (Å²) in [6.07, 6.45) is 5.44. The smallest absolute Gasteiger partial charge is 0.240 e. The van der Waals surface area contributed by atoms with Crippen molar-refractivity contribution in [1.82, 2.24) is 10.0 Å². The van der Waals surface area contributed by atoms with Gasteiger partial charge in [-0.25, -0.2) is 13.1 Å². The highest BCUT2D eigenvalue weighted by Gasteiger charge is 2.28. The van der Waals surface area contributed by atoms with Gasteiger partial charge < -0.3 is 14.8 Å². The maximum Gasteiger partial charge on any atom is 0.240 e. The fraction of sp³-hybridized carbons (Fsp3) is 0.500. The number of nitrogens with one attached hydrogen (secondary N) is 2. The Hall–Kier alpha value is -2.10. The number of sulfonamides is 1. The van der Waals surface area contributed by atoms with Crippen molar-refractivity contribution < 1.29 is 22.7 Å². The summed E-state index contributed by atoms with van der Waals surface area (Å²) >= 11 is 1.65. The molecule has 1 aliphatic carbocycles. The first-order chi connectivity index (χ1) is 15.0. The van der Waals surface area contributed by atoms with Crippen molar-refractivity contribution in [3.8, 4) is 11.5 Å². The van der Waals surface area contributed by atoms with E-state index in [9.17, 15) is 13.2 Å². The zero-order valence-corrected chi connectivity index (χ0v) is 19.0. The topological polar surface area (TPSA) is 93.7 Å². The maximum atomic E-state index is 12.7. The molecular weight excluding hydrogens is 436 g/mol. The van der Waals surface area contributed by atoms with Gasteiger partial charge in [-0.3, -0.25) is 4.79 Å². The van der Waals surface area contributed by atoms with Gasteiger partial charge in [0.25, 0.3) is 0 Å². The molecule has 31 heavy (non-hydrogen) atoms. The van der Waals surface area contributed by atoms with Gasteiger partial charge in [-0.05, 0) is 42.3 Å². The SMILES string of the molecule is O=C(CCNS(=O)(=O)c1ccc2c(c1)OCCCO2)NC(c1cccs1)C1CCCC1. The summed E-state index contributed by atoms with van der Waals surface area (Å²) in [5.74, 6) is 1.27. The third kappa shape index (κ3) is 5.58. The van der Waals surface area contributed by atoms with Gasteiger partial charge in [0.15, 0.2) is 11.5 Å². The quantitative estimate of drug-likeness (QED) is 0.622. The molecule has 9 heteroatoms. The van der Waals surface area contributed by atoms with Gasteiger partial charge >= 0.3 is 0 Å². The zero-order valence-electron chi connectivity index (χ0n) is 17.3. The second-order valence-electron chi connectivity index (χ2n) is 7.91. The molecule has 0 radical (unpaired) electrons. The Morgan fingerprint density at radius 2 is 1.87 bits per heavy atom. The lowest BCUT2D eigenvalue weighted by Crippen LogP contribution is -2.35. The van der Waals surface area contributed by atoms with Gasteiger partial charge in [-0.2, -0.15) is 0 Å². The standard InChI is InChI=1S/C22H28N2O5S2/c25-21(24-22(16-5-1-2-6-16)20-7-3-14-30-20)10-11-23-31(26,27)17-8-9-18-19(15-17)29-13-4-12-28-18/h3,7-9,14-16,22-23H,1-2,4-6,10-13H2,(H,24,25). The minimum Gasteiger partial charge on any atom is -0.490 e. The molecule has 2 N–H and O–H groups in total. The maximum absolute atomic E-state index is 12.7.